The molecule has 0 aromatic rings. The monoisotopic (exact) mass is 451 g/mol. The molecule has 0 fully saturated rings. The minimum atomic E-state index is 0.548. The molecule has 0 saturated carbocycles. The summed E-state index contributed by atoms with van der Waals surface area (Å²) >= 11 is 0. The molecule has 32 heavy (non-hydrogen) atoms. The van der Waals surface area contributed by atoms with Gasteiger partial charge < -0.3 is 0 Å². The maximum atomic E-state index is 2.61. The molecule has 0 nitrogen and oxygen atoms in total. The first kappa shape index (κ1) is 32.0. The zero-order chi connectivity index (χ0) is 23.8. The van der Waals surface area contributed by atoms with Gasteiger partial charge in [-0.3, -0.25) is 0 Å². The van der Waals surface area contributed by atoms with E-state index in [1.54, 1.807) is 0 Å². The molecular formula is C32H66. The Morgan fingerprint density at radius 1 is 0.375 bits per heavy atom. The fourth-order valence-electron chi connectivity index (χ4n) is 5.54. The van der Waals surface area contributed by atoms with Crippen molar-refractivity contribution < 1.29 is 0 Å². The van der Waals surface area contributed by atoms with Crippen LogP contribution >= 0.6 is 0 Å². The molecule has 1 atom stereocenters. The first-order chi connectivity index (χ1) is 15.6. The summed E-state index contributed by atoms with van der Waals surface area (Å²) in [5.74, 6) is 0.957. The molecule has 194 valence electrons. The van der Waals surface area contributed by atoms with Gasteiger partial charge in [0.1, 0.15) is 0 Å². The Morgan fingerprint density at radius 2 is 0.656 bits per heavy atom. The average Bonchev–Trinajstić information content (AvgIpc) is 2.78. The van der Waals surface area contributed by atoms with E-state index in [-0.39, 0.29) is 0 Å². The Labute approximate surface area is 206 Å². The van der Waals surface area contributed by atoms with Crippen molar-refractivity contribution >= 4 is 0 Å². The third kappa shape index (κ3) is 20.6. The highest BCUT2D eigenvalue weighted by Gasteiger charge is 2.28. The van der Waals surface area contributed by atoms with Gasteiger partial charge in [0.05, 0.1) is 0 Å². The second-order valence-corrected chi connectivity index (χ2v) is 11.7. The summed E-state index contributed by atoms with van der Waals surface area (Å²) in [5.41, 5.74) is 0.548. The average molecular weight is 451 g/mol. The van der Waals surface area contributed by atoms with Crippen LogP contribution in [0, 0.1) is 11.3 Å². The summed E-state index contributed by atoms with van der Waals surface area (Å²) in [7, 11) is 0. The van der Waals surface area contributed by atoms with Gasteiger partial charge in [0.25, 0.3) is 0 Å². The van der Waals surface area contributed by atoms with E-state index in [9.17, 15) is 0 Å². The lowest BCUT2D eigenvalue weighted by atomic mass is 9.70. The summed E-state index contributed by atoms with van der Waals surface area (Å²) in [6.07, 6.45) is 36.4. The van der Waals surface area contributed by atoms with Crippen LogP contribution in [-0.4, -0.2) is 0 Å². The largest absolute Gasteiger partial charge is 0.0654 e. The number of hydrogen-bond acceptors (Lipinski definition) is 0. The summed E-state index contributed by atoms with van der Waals surface area (Å²) < 4.78 is 0. The van der Waals surface area contributed by atoms with Gasteiger partial charge in [-0.25, -0.2) is 0 Å². The van der Waals surface area contributed by atoms with Crippen LogP contribution in [-0.2, 0) is 0 Å². The fourth-order valence-corrected chi connectivity index (χ4v) is 5.54. The topological polar surface area (TPSA) is 0 Å². The Hall–Kier alpha value is 0. The van der Waals surface area contributed by atoms with Gasteiger partial charge in [-0.1, -0.05) is 176 Å². The lowest BCUT2D eigenvalue weighted by molar-refractivity contribution is 0.158. The maximum absolute atomic E-state index is 2.61. The van der Waals surface area contributed by atoms with Crippen molar-refractivity contribution in [3.05, 3.63) is 0 Å². The van der Waals surface area contributed by atoms with Gasteiger partial charge in [0, 0.05) is 0 Å². The van der Waals surface area contributed by atoms with Gasteiger partial charge in [0.15, 0.2) is 0 Å². The van der Waals surface area contributed by atoms with Crippen molar-refractivity contribution in [1.82, 2.24) is 0 Å². The van der Waals surface area contributed by atoms with E-state index in [1.165, 1.54) is 161 Å². The van der Waals surface area contributed by atoms with Crippen molar-refractivity contribution in [3.8, 4) is 0 Å². The zero-order valence-corrected chi connectivity index (χ0v) is 23.8. The smallest absolute Gasteiger partial charge is 0.0326 e. The molecule has 0 aromatic carbocycles. The third-order valence-corrected chi connectivity index (χ3v) is 8.09. The molecule has 0 heteroatoms. The number of unbranched alkanes of at least 4 members (excludes halogenated alkanes) is 19. The highest BCUT2D eigenvalue weighted by atomic mass is 14.3. The summed E-state index contributed by atoms with van der Waals surface area (Å²) in [5, 5.41) is 0. The fraction of sp³-hybridized carbons (Fsp3) is 1.00. The quantitative estimate of drug-likeness (QED) is 0.115. The van der Waals surface area contributed by atoms with Crippen LogP contribution in [0.3, 0.4) is 0 Å². The van der Waals surface area contributed by atoms with Crippen LogP contribution in [0.4, 0.5) is 0 Å². The Balaban J connectivity index is 4.21. The highest BCUT2D eigenvalue weighted by molar-refractivity contribution is 4.79. The summed E-state index contributed by atoms with van der Waals surface area (Å²) in [6.45, 7) is 12.2. The van der Waals surface area contributed by atoms with E-state index < -0.39 is 0 Å². The Bertz CT molecular complexity index is 342. The Kier molecular flexibility index (Phi) is 24.1. The van der Waals surface area contributed by atoms with E-state index in [0.29, 0.717) is 5.41 Å². The lowest BCUT2D eigenvalue weighted by Gasteiger charge is -2.35. The highest BCUT2D eigenvalue weighted by Crippen LogP contribution is 2.39. The molecule has 0 saturated heterocycles. The van der Waals surface area contributed by atoms with Gasteiger partial charge in [-0.15, -0.1) is 0 Å². The van der Waals surface area contributed by atoms with Crippen LogP contribution in [0.25, 0.3) is 0 Å². The molecule has 0 aliphatic carbocycles. The zero-order valence-electron chi connectivity index (χ0n) is 23.8. The van der Waals surface area contributed by atoms with Gasteiger partial charge in [0.2, 0.25) is 0 Å². The van der Waals surface area contributed by atoms with Crippen LogP contribution in [0.15, 0.2) is 0 Å². The predicted octanol–water partition coefficient (Wildman–Crippen LogP) is 12.4. The van der Waals surface area contributed by atoms with Crippen LogP contribution in [0.5, 0.6) is 0 Å². The standard InChI is InChI=1S/C32H66/c1-6-9-12-15-18-20-23-26-29-31(28-25-22-17-14-11-8-3)32(4,5)30-27-24-21-19-16-13-10-7-2/h31H,6-30H2,1-5H3. The van der Waals surface area contributed by atoms with Crippen molar-refractivity contribution in [2.75, 3.05) is 0 Å². The number of hydrogen-bond donors (Lipinski definition) is 0. The van der Waals surface area contributed by atoms with E-state index >= 15 is 0 Å². The molecule has 0 aromatic heterocycles. The SMILES string of the molecule is CCCCCCCCCCC(CCCCCCCC)C(C)(C)CCCCCCCCCC. The van der Waals surface area contributed by atoms with Crippen molar-refractivity contribution in [3.63, 3.8) is 0 Å². The van der Waals surface area contributed by atoms with Crippen molar-refractivity contribution in [1.29, 1.82) is 0 Å². The molecule has 0 heterocycles. The molecule has 0 aliphatic heterocycles. The van der Waals surface area contributed by atoms with E-state index in [2.05, 4.69) is 34.6 Å². The van der Waals surface area contributed by atoms with E-state index in [1.807, 2.05) is 0 Å². The third-order valence-electron chi connectivity index (χ3n) is 8.09. The minimum absolute atomic E-state index is 0.548. The first-order valence-electron chi connectivity index (χ1n) is 15.6. The molecule has 0 radical (unpaired) electrons. The molecule has 0 N–H and O–H groups in total. The molecule has 0 bridgehead atoms. The molecule has 1 unspecified atom stereocenters. The number of rotatable bonds is 26. The lowest BCUT2D eigenvalue weighted by Crippen LogP contribution is -2.24. The van der Waals surface area contributed by atoms with Gasteiger partial charge in [-0.2, -0.15) is 0 Å². The first-order valence-corrected chi connectivity index (χ1v) is 15.6. The summed E-state index contributed by atoms with van der Waals surface area (Å²) in [4.78, 5) is 0. The minimum Gasteiger partial charge on any atom is -0.0654 e. The predicted molar refractivity (Wildman–Crippen MR) is 150 cm³/mol. The van der Waals surface area contributed by atoms with Crippen LogP contribution < -0.4 is 0 Å². The van der Waals surface area contributed by atoms with Crippen LogP contribution in [0.2, 0.25) is 0 Å². The van der Waals surface area contributed by atoms with Gasteiger partial charge >= 0.3 is 0 Å². The van der Waals surface area contributed by atoms with Crippen molar-refractivity contribution in [2.24, 2.45) is 11.3 Å². The molecule has 0 spiro atoms. The van der Waals surface area contributed by atoms with E-state index in [4.69, 9.17) is 0 Å². The van der Waals surface area contributed by atoms with Crippen molar-refractivity contribution in [2.45, 2.75) is 195 Å². The van der Waals surface area contributed by atoms with Crippen LogP contribution in [0.1, 0.15) is 195 Å². The van der Waals surface area contributed by atoms with Gasteiger partial charge in [-0.05, 0) is 30.6 Å². The Morgan fingerprint density at radius 3 is 1.00 bits per heavy atom. The molecule has 0 rings (SSSR count). The molecular weight excluding hydrogens is 384 g/mol. The second-order valence-electron chi connectivity index (χ2n) is 11.7. The second kappa shape index (κ2) is 24.1. The normalized spacial score (nSPS) is 13.0. The summed E-state index contributed by atoms with van der Waals surface area (Å²) in [6, 6.07) is 0. The molecule has 0 aliphatic rings. The van der Waals surface area contributed by atoms with E-state index in [0.717, 1.165) is 5.92 Å². The maximum Gasteiger partial charge on any atom is -0.0326 e. The molecule has 0 amide bonds.